The quantitative estimate of drug-likeness (QED) is 0.368. The summed E-state index contributed by atoms with van der Waals surface area (Å²) in [6.07, 6.45) is 0. The zero-order chi connectivity index (χ0) is 20.1. The Hall–Kier alpha value is -3.20. The number of carbonyl (C=O) groups is 1. The minimum absolute atomic E-state index is 0.00466. The van der Waals surface area contributed by atoms with E-state index >= 15 is 0 Å². The zero-order valence-electron chi connectivity index (χ0n) is 15.5. The number of hydrogen-bond donors (Lipinski definition) is 1. The maximum atomic E-state index is 12.3. The molecule has 0 spiro atoms. The molecule has 1 aromatic heterocycles. The van der Waals surface area contributed by atoms with Crippen LogP contribution in [-0.4, -0.2) is 31.3 Å². The van der Waals surface area contributed by atoms with Gasteiger partial charge in [-0.25, -0.2) is 0 Å². The molecule has 8 nitrogen and oxygen atoms in total. The Morgan fingerprint density at radius 3 is 2.71 bits per heavy atom. The highest BCUT2D eigenvalue weighted by atomic mass is 32.2. The molecule has 0 saturated carbocycles. The molecule has 1 N–H and O–H groups in total. The van der Waals surface area contributed by atoms with Crippen LogP contribution >= 0.6 is 11.8 Å². The molecule has 1 heterocycles. The highest BCUT2D eigenvalue weighted by Crippen LogP contribution is 2.26. The molecule has 0 aliphatic rings. The van der Waals surface area contributed by atoms with E-state index < -0.39 is 4.92 Å². The number of anilines is 1. The molecule has 0 fully saturated rings. The molecule has 144 valence electrons. The Balaban J connectivity index is 1.74. The van der Waals surface area contributed by atoms with Gasteiger partial charge in [-0.1, -0.05) is 42.1 Å². The number of non-ortho nitro benzene ring substituents is 1. The van der Waals surface area contributed by atoms with Crippen molar-refractivity contribution in [3.8, 4) is 11.4 Å². The molecular weight excluding hydrogens is 378 g/mol. The molecule has 0 radical (unpaired) electrons. The summed E-state index contributed by atoms with van der Waals surface area (Å²) in [6, 6.07) is 13.8. The predicted octanol–water partition coefficient (Wildman–Crippen LogP) is 3.91. The van der Waals surface area contributed by atoms with E-state index in [1.807, 2.05) is 42.7 Å². The van der Waals surface area contributed by atoms with Gasteiger partial charge in [-0.05, 0) is 25.5 Å². The number of hydrogen-bond acceptors (Lipinski definition) is 6. The molecule has 0 saturated heterocycles. The summed E-state index contributed by atoms with van der Waals surface area (Å²) in [4.78, 5) is 22.8. The average molecular weight is 397 g/mol. The maximum Gasteiger partial charge on any atom is 0.270 e. The van der Waals surface area contributed by atoms with Gasteiger partial charge in [0.25, 0.3) is 5.69 Å². The fraction of sp³-hybridized carbons (Fsp3) is 0.211. The topological polar surface area (TPSA) is 103 Å². The van der Waals surface area contributed by atoms with Crippen molar-refractivity contribution in [2.24, 2.45) is 0 Å². The Labute approximate surface area is 166 Å². The summed E-state index contributed by atoms with van der Waals surface area (Å²) in [7, 11) is 0. The smallest absolute Gasteiger partial charge is 0.270 e. The van der Waals surface area contributed by atoms with Crippen molar-refractivity contribution >= 4 is 29.0 Å². The second-order valence-corrected chi connectivity index (χ2v) is 6.95. The SMILES string of the molecule is CCn1c(SCC(=O)Nc2ccccc2C)nnc1-c1cccc([N+](=O)[O-])c1. The Morgan fingerprint density at radius 1 is 1.21 bits per heavy atom. The molecule has 3 rings (SSSR count). The molecule has 0 unspecified atom stereocenters. The maximum absolute atomic E-state index is 12.3. The highest BCUT2D eigenvalue weighted by Gasteiger charge is 2.17. The van der Waals surface area contributed by atoms with Crippen LogP contribution in [0.1, 0.15) is 12.5 Å². The van der Waals surface area contributed by atoms with Gasteiger partial charge in [-0.15, -0.1) is 10.2 Å². The van der Waals surface area contributed by atoms with Crippen molar-refractivity contribution in [3.05, 3.63) is 64.2 Å². The summed E-state index contributed by atoms with van der Waals surface area (Å²) in [5, 5.41) is 22.8. The van der Waals surface area contributed by atoms with Gasteiger partial charge in [0.05, 0.1) is 10.7 Å². The average Bonchev–Trinajstić information content (AvgIpc) is 3.11. The van der Waals surface area contributed by atoms with Crippen molar-refractivity contribution < 1.29 is 9.72 Å². The lowest BCUT2D eigenvalue weighted by atomic mass is 10.2. The zero-order valence-corrected chi connectivity index (χ0v) is 16.3. The number of nitrogens with one attached hydrogen (secondary N) is 1. The molecule has 3 aromatic rings. The first-order chi connectivity index (χ1) is 13.5. The number of benzene rings is 2. The third kappa shape index (κ3) is 4.37. The number of para-hydroxylation sites is 1. The van der Waals surface area contributed by atoms with E-state index in [9.17, 15) is 14.9 Å². The third-order valence-electron chi connectivity index (χ3n) is 4.10. The lowest BCUT2D eigenvalue weighted by molar-refractivity contribution is -0.384. The van der Waals surface area contributed by atoms with Crippen molar-refractivity contribution in [3.63, 3.8) is 0 Å². The van der Waals surface area contributed by atoms with E-state index in [0.29, 0.717) is 23.1 Å². The molecule has 0 bridgehead atoms. The van der Waals surface area contributed by atoms with Gasteiger partial charge in [0.15, 0.2) is 11.0 Å². The number of rotatable bonds is 7. The van der Waals surface area contributed by atoms with E-state index in [1.165, 1.54) is 23.9 Å². The molecule has 0 aliphatic heterocycles. The van der Waals surface area contributed by atoms with Crippen LogP contribution in [0.15, 0.2) is 53.7 Å². The molecule has 2 aromatic carbocycles. The van der Waals surface area contributed by atoms with Gasteiger partial charge in [0, 0.05) is 29.9 Å². The lowest BCUT2D eigenvalue weighted by Gasteiger charge is -2.09. The van der Waals surface area contributed by atoms with Gasteiger partial charge >= 0.3 is 0 Å². The van der Waals surface area contributed by atoms with Crippen LogP contribution in [0.4, 0.5) is 11.4 Å². The number of nitro benzene ring substituents is 1. The van der Waals surface area contributed by atoms with E-state index in [-0.39, 0.29) is 17.3 Å². The molecule has 9 heteroatoms. The number of aromatic nitrogens is 3. The van der Waals surface area contributed by atoms with Crippen LogP contribution in [-0.2, 0) is 11.3 Å². The Kier molecular flexibility index (Phi) is 6.05. The monoisotopic (exact) mass is 397 g/mol. The summed E-state index contributed by atoms with van der Waals surface area (Å²) in [5.74, 6) is 0.580. The molecular formula is C19H19N5O3S. The van der Waals surface area contributed by atoms with Gasteiger partial charge in [0.1, 0.15) is 0 Å². The number of aryl methyl sites for hydroxylation is 1. The van der Waals surface area contributed by atoms with Gasteiger partial charge in [-0.3, -0.25) is 14.9 Å². The number of carbonyl (C=O) groups excluding carboxylic acids is 1. The van der Waals surface area contributed by atoms with E-state index in [4.69, 9.17) is 0 Å². The molecule has 0 aliphatic carbocycles. The third-order valence-corrected chi connectivity index (χ3v) is 5.07. The normalized spacial score (nSPS) is 10.6. The molecule has 28 heavy (non-hydrogen) atoms. The summed E-state index contributed by atoms with van der Waals surface area (Å²) in [6.45, 7) is 4.44. The van der Waals surface area contributed by atoms with E-state index in [2.05, 4.69) is 15.5 Å². The minimum Gasteiger partial charge on any atom is -0.325 e. The summed E-state index contributed by atoms with van der Waals surface area (Å²) >= 11 is 1.27. The number of nitro groups is 1. The van der Waals surface area contributed by atoms with Crippen molar-refractivity contribution in [2.45, 2.75) is 25.5 Å². The molecule has 0 atom stereocenters. The van der Waals surface area contributed by atoms with E-state index in [1.54, 1.807) is 12.1 Å². The van der Waals surface area contributed by atoms with Crippen molar-refractivity contribution in [1.29, 1.82) is 0 Å². The number of amides is 1. The molecule has 1 amide bonds. The highest BCUT2D eigenvalue weighted by molar-refractivity contribution is 7.99. The largest absolute Gasteiger partial charge is 0.325 e. The fourth-order valence-electron chi connectivity index (χ4n) is 2.68. The number of nitrogens with zero attached hydrogens (tertiary/aromatic N) is 4. The van der Waals surface area contributed by atoms with Gasteiger partial charge in [-0.2, -0.15) is 0 Å². The van der Waals surface area contributed by atoms with Gasteiger partial charge in [0.2, 0.25) is 5.91 Å². The van der Waals surface area contributed by atoms with Crippen LogP contribution < -0.4 is 5.32 Å². The first kappa shape index (κ1) is 19.6. The summed E-state index contributed by atoms with van der Waals surface area (Å²) < 4.78 is 1.84. The first-order valence-corrected chi connectivity index (χ1v) is 9.64. The Morgan fingerprint density at radius 2 is 2.00 bits per heavy atom. The number of thioether (sulfide) groups is 1. The van der Waals surface area contributed by atoms with Crippen LogP contribution in [0.25, 0.3) is 11.4 Å². The Bertz CT molecular complexity index is 1020. The standard InChI is InChI=1S/C19H19N5O3S/c1-3-23-18(14-8-6-9-15(11-14)24(26)27)21-22-19(23)28-12-17(25)20-16-10-5-4-7-13(16)2/h4-11H,3,12H2,1-2H3,(H,20,25). The van der Waals surface area contributed by atoms with Crippen LogP contribution in [0.5, 0.6) is 0 Å². The van der Waals surface area contributed by atoms with E-state index in [0.717, 1.165) is 11.3 Å². The summed E-state index contributed by atoms with van der Waals surface area (Å²) in [5.41, 5.74) is 2.38. The fourth-order valence-corrected chi connectivity index (χ4v) is 3.48. The van der Waals surface area contributed by atoms with Crippen LogP contribution in [0.2, 0.25) is 0 Å². The van der Waals surface area contributed by atoms with Crippen LogP contribution in [0, 0.1) is 17.0 Å². The second-order valence-electron chi connectivity index (χ2n) is 6.01. The van der Waals surface area contributed by atoms with Crippen LogP contribution in [0.3, 0.4) is 0 Å². The van der Waals surface area contributed by atoms with Crippen molar-refractivity contribution in [1.82, 2.24) is 14.8 Å². The second kappa shape index (κ2) is 8.66. The first-order valence-electron chi connectivity index (χ1n) is 8.66. The predicted molar refractivity (Wildman–Crippen MR) is 108 cm³/mol. The lowest BCUT2D eigenvalue weighted by Crippen LogP contribution is -2.15. The van der Waals surface area contributed by atoms with Gasteiger partial charge < -0.3 is 9.88 Å². The van der Waals surface area contributed by atoms with Crippen molar-refractivity contribution in [2.75, 3.05) is 11.1 Å². The minimum atomic E-state index is -0.443.